The predicted molar refractivity (Wildman–Crippen MR) is 268 cm³/mol. The van der Waals surface area contributed by atoms with Crippen molar-refractivity contribution in [2.45, 2.75) is 115 Å². The standard InChI is InChI=1S/C59H74N4O4/c1-67-56-31-42(45(30-55(56)66)27-47-37-63-57(60)32-43(47)15-14-40-10-5-9-39(25-40)13-12-38-7-3-2-4-8-38)17-21-51(64)33-52(65)29-46-34-59(49-18-16-41(46)28-50(59)20-19-49)35-54-53-22-24-61-36-48(53)26-44-11-6-23-62-58(44)54/h2-11,17,21,25,30-32,37,41,44,46,48-50,53-54,57-58,61-63,66H,12-16,18-20,22-24,26-29,33-36,60H2,1H3. The Balaban J connectivity index is 0.793. The van der Waals surface area contributed by atoms with Gasteiger partial charge in [-0.1, -0.05) is 72.8 Å². The smallest absolute Gasteiger partial charge is 0.163 e. The van der Waals surface area contributed by atoms with Crippen molar-refractivity contribution in [3.63, 3.8) is 0 Å². The number of phenols is 1. The average molecular weight is 903 g/mol. The summed E-state index contributed by atoms with van der Waals surface area (Å²) < 4.78 is 5.54. The number of nitrogens with two attached hydrogens (primary N) is 1. The molecule has 354 valence electrons. The number of hydrogen-bond acceptors (Lipinski definition) is 8. The summed E-state index contributed by atoms with van der Waals surface area (Å²) in [7, 11) is 1.54. The molecule has 8 nitrogen and oxygen atoms in total. The zero-order chi connectivity index (χ0) is 45.9. The van der Waals surface area contributed by atoms with Gasteiger partial charge in [0.25, 0.3) is 0 Å². The van der Waals surface area contributed by atoms with E-state index >= 15 is 0 Å². The van der Waals surface area contributed by atoms with Crippen LogP contribution in [0.1, 0.15) is 105 Å². The van der Waals surface area contributed by atoms with Crippen molar-refractivity contribution in [2.75, 3.05) is 26.7 Å². The normalized spacial score (nSPS) is 31.9. The molecule has 0 radical (unpaired) electrons. The number of rotatable bonds is 17. The number of carbonyl (C=O) groups is 2. The van der Waals surface area contributed by atoms with E-state index in [4.69, 9.17) is 10.5 Å². The van der Waals surface area contributed by atoms with Crippen LogP contribution in [-0.4, -0.2) is 55.6 Å². The third-order valence-electron chi connectivity index (χ3n) is 18.1. The van der Waals surface area contributed by atoms with Crippen LogP contribution >= 0.6 is 0 Å². The van der Waals surface area contributed by atoms with Crippen LogP contribution in [0.5, 0.6) is 11.5 Å². The van der Waals surface area contributed by atoms with E-state index in [-0.39, 0.29) is 29.9 Å². The first-order valence-electron chi connectivity index (χ1n) is 26.0. The summed E-state index contributed by atoms with van der Waals surface area (Å²) in [5.41, 5.74) is 14.6. The largest absolute Gasteiger partial charge is 0.504 e. The third-order valence-corrected chi connectivity index (χ3v) is 18.1. The fourth-order valence-corrected chi connectivity index (χ4v) is 14.9. The minimum atomic E-state index is -0.290. The number of methoxy groups -OCH3 is 1. The van der Waals surface area contributed by atoms with E-state index in [9.17, 15) is 14.7 Å². The summed E-state index contributed by atoms with van der Waals surface area (Å²) in [5, 5.41) is 22.0. The molecule has 11 atom stereocenters. The summed E-state index contributed by atoms with van der Waals surface area (Å²) in [6, 6.07) is 23.6. The number of carbonyl (C=O) groups excluding carboxylic acids is 2. The molecule has 5 aliphatic carbocycles. The molecule has 8 heteroatoms. The Morgan fingerprint density at radius 1 is 0.881 bits per heavy atom. The average Bonchev–Trinajstić information content (AvgIpc) is 3.51. The van der Waals surface area contributed by atoms with E-state index in [1.54, 1.807) is 24.3 Å². The first-order valence-corrected chi connectivity index (χ1v) is 26.0. The molecule has 3 aromatic carbocycles. The van der Waals surface area contributed by atoms with Crippen molar-refractivity contribution in [2.24, 2.45) is 58.5 Å². The van der Waals surface area contributed by atoms with Gasteiger partial charge in [0.15, 0.2) is 17.3 Å². The highest BCUT2D eigenvalue weighted by Gasteiger charge is 2.59. The fraction of sp³-hybridized carbons (Fsp3) is 0.525. The number of nitrogens with one attached hydrogen (secondary N) is 3. The van der Waals surface area contributed by atoms with E-state index in [2.05, 4.69) is 88.8 Å². The van der Waals surface area contributed by atoms with Gasteiger partial charge in [-0.2, -0.15) is 0 Å². The highest BCUT2D eigenvalue weighted by molar-refractivity contribution is 6.06. The summed E-state index contributed by atoms with van der Waals surface area (Å²) in [6.45, 7) is 3.30. The number of Topliss-reactive ketones (excluding diaryl/α,β-unsaturated/α-hetero) is 1. The number of aryl methyl sites for hydroxylation is 3. The van der Waals surface area contributed by atoms with Crippen molar-refractivity contribution < 1.29 is 19.4 Å². The lowest BCUT2D eigenvalue weighted by Gasteiger charge is -2.55. The van der Waals surface area contributed by atoms with Crippen LogP contribution in [0.25, 0.3) is 6.08 Å². The van der Waals surface area contributed by atoms with Crippen molar-refractivity contribution in [1.29, 1.82) is 0 Å². The lowest BCUT2D eigenvalue weighted by atomic mass is 9.52. The number of piperidine rings is 1. The van der Waals surface area contributed by atoms with Gasteiger partial charge in [0.05, 0.1) is 19.7 Å². The Bertz CT molecular complexity index is 2380. The minimum absolute atomic E-state index is 0.0460. The van der Waals surface area contributed by atoms with Crippen molar-refractivity contribution in [3.05, 3.63) is 136 Å². The van der Waals surface area contributed by atoms with E-state index in [1.807, 2.05) is 6.20 Å². The molecule has 6 N–H and O–H groups in total. The molecule has 3 aromatic rings. The zero-order valence-electron chi connectivity index (χ0n) is 39.8. The molecule has 0 amide bonds. The van der Waals surface area contributed by atoms with Crippen molar-refractivity contribution in [1.82, 2.24) is 16.0 Å². The number of phenolic OH excluding ortho intramolecular Hbond substituents is 1. The number of ether oxygens (including phenoxy) is 1. The monoisotopic (exact) mass is 903 g/mol. The Morgan fingerprint density at radius 2 is 1.67 bits per heavy atom. The Hall–Kier alpha value is -4.76. The van der Waals surface area contributed by atoms with Crippen LogP contribution in [0.2, 0.25) is 0 Å². The summed E-state index contributed by atoms with van der Waals surface area (Å²) >= 11 is 0. The molecule has 11 unspecified atom stereocenters. The highest BCUT2D eigenvalue weighted by atomic mass is 16.5. The van der Waals surface area contributed by atoms with Gasteiger partial charge in [-0.3, -0.25) is 9.59 Å². The molecular formula is C59H74N4O4. The van der Waals surface area contributed by atoms with Crippen molar-refractivity contribution in [3.8, 4) is 11.5 Å². The topological polar surface area (TPSA) is 126 Å². The van der Waals surface area contributed by atoms with Crippen LogP contribution in [0.4, 0.5) is 0 Å². The Labute approximate surface area is 399 Å². The molecule has 3 heterocycles. The predicted octanol–water partition coefficient (Wildman–Crippen LogP) is 9.60. The lowest BCUT2D eigenvalue weighted by Crippen LogP contribution is -2.57. The molecule has 67 heavy (non-hydrogen) atoms. The quantitative estimate of drug-likeness (QED) is 0.0516. The molecule has 0 spiro atoms. The number of hydrogen-bond donors (Lipinski definition) is 5. The summed E-state index contributed by atoms with van der Waals surface area (Å²) in [4.78, 5) is 27.7. The van der Waals surface area contributed by atoms with E-state index in [1.165, 1.54) is 81.6 Å². The maximum Gasteiger partial charge on any atom is 0.163 e. The SMILES string of the molecule is COc1cc(C=CC(=O)CC(=O)CC2CC3(CC4C5CCNCC5CC5C=CCNC54)C4CCC2CC3CC4)c(CC2=CNC(N)C=C2CCc2cccc(CCc3ccccc3)c2)cc1O. The van der Waals surface area contributed by atoms with Gasteiger partial charge >= 0.3 is 0 Å². The Morgan fingerprint density at radius 3 is 2.52 bits per heavy atom. The van der Waals surface area contributed by atoms with Gasteiger partial charge in [-0.15, -0.1) is 0 Å². The second kappa shape index (κ2) is 20.5. The molecule has 6 fully saturated rings. The fourth-order valence-electron chi connectivity index (χ4n) is 14.9. The van der Waals surface area contributed by atoms with E-state index in [0.29, 0.717) is 53.7 Å². The maximum atomic E-state index is 14.0. The Kier molecular flexibility index (Phi) is 14.0. The summed E-state index contributed by atoms with van der Waals surface area (Å²) in [5.74, 6) is 5.71. The van der Waals surface area contributed by atoms with E-state index in [0.717, 1.165) is 91.3 Å². The molecule has 4 bridgehead atoms. The molecule has 8 aliphatic rings. The number of dihydropyridines is 1. The number of benzene rings is 3. The molecule has 11 rings (SSSR count). The van der Waals surface area contributed by atoms with E-state index < -0.39 is 0 Å². The van der Waals surface area contributed by atoms with Gasteiger partial charge in [0.2, 0.25) is 0 Å². The second-order valence-electron chi connectivity index (χ2n) is 21.8. The molecule has 0 aromatic heterocycles. The van der Waals surface area contributed by atoms with Crippen LogP contribution in [0.15, 0.2) is 108 Å². The van der Waals surface area contributed by atoms with Gasteiger partial charge in [0.1, 0.15) is 5.78 Å². The van der Waals surface area contributed by atoms with Gasteiger partial charge in [-0.05, 0) is 219 Å². The van der Waals surface area contributed by atoms with Crippen LogP contribution in [0.3, 0.4) is 0 Å². The van der Waals surface area contributed by atoms with Gasteiger partial charge < -0.3 is 31.5 Å². The second-order valence-corrected chi connectivity index (χ2v) is 21.8. The number of allylic oxidation sites excluding steroid dienone is 3. The molecule has 5 saturated carbocycles. The molecule has 3 aliphatic heterocycles. The van der Waals surface area contributed by atoms with Crippen LogP contribution in [-0.2, 0) is 35.3 Å². The van der Waals surface area contributed by atoms with Gasteiger partial charge in [-0.25, -0.2) is 0 Å². The number of fused-ring (bicyclic) bond motifs is 4. The molecular weight excluding hydrogens is 829 g/mol. The maximum absolute atomic E-state index is 14.0. The third kappa shape index (κ3) is 10.2. The zero-order valence-corrected chi connectivity index (χ0v) is 39.8. The molecule has 1 saturated heterocycles. The van der Waals surface area contributed by atoms with Gasteiger partial charge in [0, 0.05) is 25.2 Å². The highest BCUT2D eigenvalue weighted by Crippen LogP contribution is 2.67. The van der Waals surface area contributed by atoms with Crippen LogP contribution < -0.4 is 26.4 Å². The number of ketones is 2. The lowest BCUT2D eigenvalue weighted by molar-refractivity contribution is -0.126. The van der Waals surface area contributed by atoms with Crippen LogP contribution in [0, 0.1) is 52.8 Å². The summed E-state index contributed by atoms with van der Waals surface area (Å²) in [6.07, 6.45) is 28.4. The van der Waals surface area contributed by atoms with Crippen molar-refractivity contribution >= 4 is 17.6 Å². The number of aromatic hydroxyl groups is 1. The first kappa shape index (κ1) is 46.0. The minimum Gasteiger partial charge on any atom is -0.504 e. The first-order chi connectivity index (χ1) is 32.7.